The van der Waals surface area contributed by atoms with Gasteiger partial charge in [-0.05, 0) is 46.4 Å². The number of halogens is 3. The highest BCUT2D eigenvalue weighted by molar-refractivity contribution is 14.1. The number of carbonyl (C=O) groups is 1. The van der Waals surface area contributed by atoms with Gasteiger partial charge in [-0.25, -0.2) is 4.39 Å². The van der Waals surface area contributed by atoms with E-state index in [1.807, 2.05) is 22.6 Å². The van der Waals surface area contributed by atoms with E-state index in [0.29, 0.717) is 5.56 Å². The molecule has 6 heteroatoms. The van der Waals surface area contributed by atoms with Gasteiger partial charge in [-0.3, -0.25) is 4.79 Å². The van der Waals surface area contributed by atoms with Crippen LogP contribution in [0.5, 0.6) is 0 Å². The Balaban J connectivity index is 0.00000196. The Kier molecular flexibility index (Phi) is 6.07. The van der Waals surface area contributed by atoms with Gasteiger partial charge in [0, 0.05) is 9.99 Å². The molecule has 3 nitrogen and oxygen atoms in total. The van der Waals surface area contributed by atoms with Crippen LogP contribution in [0.1, 0.15) is 5.56 Å². The van der Waals surface area contributed by atoms with E-state index in [1.54, 1.807) is 12.1 Å². The van der Waals surface area contributed by atoms with Crippen LogP contribution in [0.4, 0.5) is 4.39 Å². The zero-order valence-corrected chi connectivity index (χ0v) is 10.6. The molecular formula is C9H10ClFINO2. The second kappa shape index (κ2) is 6.24. The molecule has 0 aromatic heterocycles. The Labute approximate surface area is 106 Å². The molecule has 0 spiro atoms. The van der Waals surface area contributed by atoms with Crippen molar-refractivity contribution in [2.75, 3.05) is 0 Å². The van der Waals surface area contributed by atoms with Crippen molar-refractivity contribution in [1.29, 1.82) is 0 Å². The molecule has 0 aliphatic carbocycles. The molecule has 1 rings (SSSR count). The summed E-state index contributed by atoms with van der Waals surface area (Å²) in [5, 5.41) is 8.55. The second-order valence-electron chi connectivity index (χ2n) is 2.88. The number of aliphatic carboxylic acids is 1. The quantitative estimate of drug-likeness (QED) is 0.821. The normalized spacial score (nSPS) is 11.7. The van der Waals surface area contributed by atoms with E-state index in [1.165, 1.54) is 6.07 Å². The SMILES string of the molecule is Cl.N[C@H](Cc1cc(I)ccc1F)C(=O)O. The fourth-order valence-corrected chi connectivity index (χ4v) is 1.58. The first-order chi connectivity index (χ1) is 6.50. The van der Waals surface area contributed by atoms with Crippen LogP contribution in [0.3, 0.4) is 0 Å². The maximum atomic E-state index is 13.1. The van der Waals surface area contributed by atoms with Crippen LogP contribution >= 0.6 is 35.0 Å². The van der Waals surface area contributed by atoms with Crippen molar-refractivity contribution < 1.29 is 14.3 Å². The van der Waals surface area contributed by atoms with Gasteiger partial charge in [-0.2, -0.15) is 0 Å². The summed E-state index contributed by atoms with van der Waals surface area (Å²) in [6, 6.07) is 3.47. The first-order valence-corrected chi connectivity index (χ1v) is 5.01. The largest absolute Gasteiger partial charge is 0.480 e. The third-order valence-corrected chi connectivity index (χ3v) is 2.44. The standard InChI is InChI=1S/C9H9FINO2.ClH/c10-7-2-1-6(11)3-5(7)4-8(12)9(13)14;/h1-3,8H,4,12H2,(H,13,14);1H/t8-;/m1./s1. The molecule has 1 atom stereocenters. The molecule has 0 aliphatic rings. The summed E-state index contributed by atoms with van der Waals surface area (Å²) in [7, 11) is 0. The Morgan fingerprint density at radius 3 is 2.73 bits per heavy atom. The summed E-state index contributed by atoms with van der Waals surface area (Å²) >= 11 is 2.03. The van der Waals surface area contributed by atoms with E-state index in [2.05, 4.69) is 0 Å². The molecule has 84 valence electrons. The van der Waals surface area contributed by atoms with Crippen molar-refractivity contribution in [3.05, 3.63) is 33.1 Å². The Bertz CT molecular complexity index is 362. The summed E-state index contributed by atoms with van der Waals surface area (Å²) < 4.78 is 14.0. The number of carboxylic acid groups (broad SMARTS) is 1. The summed E-state index contributed by atoms with van der Waals surface area (Å²) in [5.74, 6) is -1.54. The summed E-state index contributed by atoms with van der Waals surface area (Å²) in [6.45, 7) is 0. The first-order valence-electron chi connectivity index (χ1n) is 3.93. The van der Waals surface area contributed by atoms with Gasteiger partial charge >= 0.3 is 5.97 Å². The molecule has 0 unspecified atom stereocenters. The fourth-order valence-electron chi connectivity index (χ4n) is 1.02. The van der Waals surface area contributed by atoms with Gasteiger partial charge in [0.1, 0.15) is 11.9 Å². The smallest absolute Gasteiger partial charge is 0.320 e. The van der Waals surface area contributed by atoms with E-state index in [0.717, 1.165) is 3.57 Å². The van der Waals surface area contributed by atoms with E-state index in [4.69, 9.17) is 10.8 Å². The van der Waals surface area contributed by atoms with Crippen LogP contribution in [0.2, 0.25) is 0 Å². The lowest BCUT2D eigenvalue weighted by Gasteiger charge is -2.07. The number of carboxylic acids is 1. The molecule has 0 bridgehead atoms. The van der Waals surface area contributed by atoms with Gasteiger partial charge in [-0.1, -0.05) is 0 Å². The summed E-state index contributed by atoms with van der Waals surface area (Å²) in [6.07, 6.45) is 0.0119. The highest BCUT2D eigenvalue weighted by atomic mass is 127. The van der Waals surface area contributed by atoms with Crippen LogP contribution in [0.25, 0.3) is 0 Å². The second-order valence-corrected chi connectivity index (χ2v) is 4.13. The van der Waals surface area contributed by atoms with Gasteiger partial charge in [0.2, 0.25) is 0 Å². The average molecular weight is 346 g/mol. The Hall–Kier alpha value is -0.400. The van der Waals surface area contributed by atoms with Crippen LogP contribution in [-0.4, -0.2) is 17.1 Å². The Morgan fingerprint density at radius 1 is 1.60 bits per heavy atom. The molecule has 0 saturated carbocycles. The van der Waals surface area contributed by atoms with Crippen molar-refractivity contribution in [1.82, 2.24) is 0 Å². The topological polar surface area (TPSA) is 63.3 Å². The maximum Gasteiger partial charge on any atom is 0.320 e. The average Bonchev–Trinajstić information content (AvgIpc) is 2.11. The monoisotopic (exact) mass is 345 g/mol. The highest BCUT2D eigenvalue weighted by Gasteiger charge is 2.14. The number of hydrogen-bond acceptors (Lipinski definition) is 2. The molecular weight excluding hydrogens is 335 g/mol. The lowest BCUT2D eigenvalue weighted by Crippen LogP contribution is -2.32. The third kappa shape index (κ3) is 4.31. The molecule has 0 fully saturated rings. The van der Waals surface area contributed by atoms with E-state index in [9.17, 15) is 9.18 Å². The minimum Gasteiger partial charge on any atom is -0.480 e. The zero-order chi connectivity index (χ0) is 10.7. The van der Waals surface area contributed by atoms with Gasteiger partial charge in [0.05, 0.1) is 0 Å². The molecule has 3 N–H and O–H groups in total. The van der Waals surface area contributed by atoms with Crippen LogP contribution in [0.15, 0.2) is 18.2 Å². The summed E-state index contributed by atoms with van der Waals surface area (Å²) in [4.78, 5) is 10.5. The number of hydrogen-bond donors (Lipinski definition) is 2. The molecule has 0 radical (unpaired) electrons. The van der Waals surface area contributed by atoms with Gasteiger partial charge in [-0.15, -0.1) is 12.4 Å². The molecule has 0 amide bonds. The highest BCUT2D eigenvalue weighted by Crippen LogP contribution is 2.13. The number of rotatable bonds is 3. The van der Waals surface area contributed by atoms with Crippen LogP contribution < -0.4 is 5.73 Å². The van der Waals surface area contributed by atoms with Gasteiger partial charge in [0.25, 0.3) is 0 Å². The lowest BCUT2D eigenvalue weighted by atomic mass is 10.1. The fraction of sp³-hybridized carbons (Fsp3) is 0.222. The van der Waals surface area contributed by atoms with Gasteiger partial charge < -0.3 is 10.8 Å². The first kappa shape index (κ1) is 14.6. The molecule has 1 aromatic rings. The minimum absolute atomic E-state index is 0. The third-order valence-electron chi connectivity index (χ3n) is 1.76. The number of nitrogens with two attached hydrogens (primary N) is 1. The van der Waals surface area contributed by atoms with Crippen molar-refractivity contribution in [3.8, 4) is 0 Å². The molecule has 0 saturated heterocycles. The molecule has 1 aromatic carbocycles. The van der Waals surface area contributed by atoms with Crippen LogP contribution in [-0.2, 0) is 11.2 Å². The Morgan fingerprint density at radius 2 is 2.20 bits per heavy atom. The zero-order valence-electron chi connectivity index (χ0n) is 7.61. The van der Waals surface area contributed by atoms with Crippen molar-refractivity contribution in [2.45, 2.75) is 12.5 Å². The number of benzene rings is 1. The maximum absolute atomic E-state index is 13.1. The lowest BCUT2D eigenvalue weighted by molar-refractivity contribution is -0.138. The van der Waals surface area contributed by atoms with Crippen LogP contribution in [0, 0.1) is 9.39 Å². The van der Waals surface area contributed by atoms with Crippen molar-refractivity contribution >= 4 is 41.0 Å². The van der Waals surface area contributed by atoms with E-state index < -0.39 is 17.8 Å². The summed E-state index contributed by atoms with van der Waals surface area (Å²) in [5.41, 5.74) is 5.64. The molecule has 0 aliphatic heterocycles. The van der Waals surface area contributed by atoms with E-state index >= 15 is 0 Å². The minimum atomic E-state index is -1.12. The van der Waals surface area contributed by atoms with Crippen molar-refractivity contribution in [2.24, 2.45) is 5.73 Å². The predicted molar refractivity (Wildman–Crippen MR) is 65.7 cm³/mol. The predicted octanol–water partition coefficient (Wildman–Crippen LogP) is 1.81. The van der Waals surface area contributed by atoms with Crippen molar-refractivity contribution in [3.63, 3.8) is 0 Å². The molecule has 15 heavy (non-hydrogen) atoms. The van der Waals surface area contributed by atoms with Gasteiger partial charge in [0.15, 0.2) is 0 Å². The van der Waals surface area contributed by atoms with E-state index in [-0.39, 0.29) is 18.8 Å². The molecule has 0 heterocycles.